The Hall–Kier alpha value is -3.04. The maximum Gasteiger partial charge on any atom is 0.416 e. The van der Waals surface area contributed by atoms with Gasteiger partial charge in [0.2, 0.25) is 11.8 Å². The summed E-state index contributed by atoms with van der Waals surface area (Å²) in [7, 11) is 0. The van der Waals surface area contributed by atoms with E-state index in [2.05, 4.69) is 5.32 Å². The molecule has 2 aromatic carbocycles. The topological polar surface area (TPSA) is 72.2 Å². The second-order valence-electron chi connectivity index (χ2n) is 6.74. The molecular weight excluding hydrogens is 414 g/mol. The molecule has 0 fully saturated rings. The largest absolute Gasteiger partial charge is 0.416 e. The number of amides is 2. The third-order valence-corrected chi connectivity index (χ3v) is 4.38. The van der Waals surface area contributed by atoms with Crippen LogP contribution in [0, 0.1) is 6.92 Å². The standard InChI is InChI=1S/C20H18F6N2O2/c1-11-4-2-3-5-13(11)9-16(18(27)30)28-17(29)8-12-6-14(19(21,22)23)10-15(7-12)20(24,25)26/h2-7,10,16H,8-9H2,1H3,(H2,27,30)(H,28,29)/t16-/m0/s1. The fourth-order valence-corrected chi connectivity index (χ4v) is 2.83. The van der Waals surface area contributed by atoms with Crippen molar-refractivity contribution in [3.8, 4) is 0 Å². The Balaban J connectivity index is 2.23. The summed E-state index contributed by atoms with van der Waals surface area (Å²) in [4.78, 5) is 23.9. The zero-order valence-corrected chi connectivity index (χ0v) is 15.7. The summed E-state index contributed by atoms with van der Waals surface area (Å²) in [5.74, 6) is -1.81. The van der Waals surface area contributed by atoms with Gasteiger partial charge in [0.25, 0.3) is 0 Å². The van der Waals surface area contributed by atoms with Gasteiger partial charge in [-0.3, -0.25) is 9.59 Å². The molecule has 0 spiro atoms. The normalized spacial score (nSPS) is 13.0. The number of rotatable bonds is 6. The highest BCUT2D eigenvalue weighted by molar-refractivity contribution is 5.87. The Bertz CT molecular complexity index is 905. The van der Waals surface area contributed by atoms with Gasteiger partial charge in [0.15, 0.2) is 0 Å². The summed E-state index contributed by atoms with van der Waals surface area (Å²) in [5, 5.41) is 2.28. The third-order valence-electron chi connectivity index (χ3n) is 4.38. The van der Waals surface area contributed by atoms with E-state index in [0.717, 1.165) is 5.56 Å². The summed E-state index contributed by atoms with van der Waals surface area (Å²) < 4.78 is 77.6. The summed E-state index contributed by atoms with van der Waals surface area (Å²) in [5.41, 5.74) is 3.29. The number of benzene rings is 2. The Morgan fingerprint density at radius 3 is 1.97 bits per heavy atom. The first kappa shape index (κ1) is 23.2. The molecule has 0 bridgehead atoms. The van der Waals surface area contributed by atoms with Crippen LogP contribution in [-0.4, -0.2) is 17.9 Å². The van der Waals surface area contributed by atoms with E-state index in [9.17, 15) is 35.9 Å². The Morgan fingerprint density at radius 2 is 1.50 bits per heavy atom. The van der Waals surface area contributed by atoms with Crippen molar-refractivity contribution in [2.75, 3.05) is 0 Å². The fourth-order valence-electron chi connectivity index (χ4n) is 2.83. The molecule has 0 saturated heterocycles. The van der Waals surface area contributed by atoms with Crippen LogP contribution in [0.1, 0.15) is 27.8 Å². The zero-order chi connectivity index (χ0) is 22.7. The Labute approximate surface area is 168 Å². The summed E-state index contributed by atoms with van der Waals surface area (Å²) >= 11 is 0. The first-order valence-electron chi connectivity index (χ1n) is 8.69. The van der Waals surface area contributed by atoms with Crippen LogP contribution in [0.5, 0.6) is 0 Å². The summed E-state index contributed by atoms with van der Waals surface area (Å²) in [6, 6.07) is 6.70. The van der Waals surface area contributed by atoms with E-state index in [4.69, 9.17) is 5.73 Å². The van der Waals surface area contributed by atoms with E-state index in [1.807, 2.05) is 0 Å². The molecule has 0 heterocycles. The lowest BCUT2D eigenvalue weighted by Gasteiger charge is -2.18. The SMILES string of the molecule is Cc1ccccc1C[C@H](NC(=O)Cc1cc(C(F)(F)F)cc(C(F)(F)F)c1)C(N)=O. The fraction of sp³-hybridized carbons (Fsp3) is 0.300. The third kappa shape index (κ3) is 6.23. The maximum absolute atomic E-state index is 12.9. The second kappa shape index (κ2) is 8.76. The molecular formula is C20H18F6N2O2. The molecule has 0 unspecified atom stereocenters. The minimum absolute atomic E-state index is 0.0220. The van der Waals surface area contributed by atoms with Crippen LogP contribution in [-0.2, 0) is 34.8 Å². The molecule has 0 radical (unpaired) electrons. The monoisotopic (exact) mass is 432 g/mol. The average Bonchev–Trinajstić information content (AvgIpc) is 2.61. The van der Waals surface area contributed by atoms with Gasteiger partial charge in [-0.15, -0.1) is 0 Å². The minimum Gasteiger partial charge on any atom is -0.368 e. The van der Waals surface area contributed by atoms with E-state index in [-0.39, 0.29) is 12.5 Å². The number of carbonyl (C=O) groups is 2. The molecule has 0 aliphatic carbocycles. The Kier molecular flexibility index (Phi) is 6.79. The van der Waals surface area contributed by atoms with Gasteiger partial charge in [0.05, 0.1) is 17.5 Å². The lowest BCUT2D eigenvalue weighted by molar-refractivity contribution is -0.143. The first-order valence-corrected chi connectivity index (χ1v) is 8.69. The van der Waals surface area contributed by atoms with Crippen LogP contribution in [0.4, 0.5) is 26.3 Å². The lowest BCUT2D eigenvalue weighted by atomic mass is 9.99. The van der Waals surface area contributed by atoms with Crippen molar-refractivity contribution < 1.29 is 35.9 Å². The van der Waals surface area contributed by atoms with Crippen molar-refractivity contribution in [1.29, 1.82) is 0 Å². The van der Waals surface area contributed by atoms with Crippen molar-refractivity contribution >= 4 is 11.8 Å². The average molecular weight is 432 g/mol. The van der Waals surface area contributed by atoms with Gasteiger partial charge in [-0.2, -0.15) is 26.3 Å². The molecule has 0 aliphatic rings. The molecule has 1 atom stereocenters. The van der Waals surface area contributed by atoms with Crippen LogP contribution in [0.15, 0.2) is 42.5 Å². The number of nitrogens with one attached hydrogen (secondary N) is 1. The van der Waals surface area contributed by atoms with Crippen molar-refractivity contribution in [3.63, 3.8) is 0 Å². The second-order valence-corrected chi connectivity index (χ2v) is 6.74. The van der Waals surface area contributed by atoms with Crippen LogP contribution >= 0.6 is 0 Å². The van der Waals surface area contributed by atoms with E-state index < -0.39 is 53.3 Å². The molecule has 162 valence electrons. The summed E-state index contributed by atoms with van der Waals surface area (Å²) in [6.45, 7) is 1.77. The number of primary amides is 1. The van der Waals surface area contributed by atoms with Crippen molar-refractivity contribution in [3.05, 3.63) is 70.3 Å². The molecule has 0 aliphatic heterocycles. The molecule has 2 rings (SSSR count). The van der Waals surface area contributed by atoms with E-state index in [0.29, 0.717) is 17.7 Å². The first-order chi connectivity index (χ1) is 13.8. The van der Waals surface area contributed by atoms with Crippen LogP contribution in [0.2, 0.25) is 0 Å². The van der Waals surface area contributed by atoms with Gasteiger partial charge < -0.3 is 11.1 Å². The number of carbonyl (C=O) groups excluding carboxylic acids is 2. The smallest absolute Gasteiger partial charge is 0.368 e. The molecule has 10 heteroatoms. The Morgan fingerprint density at radius 1 is 0.967 bits per heavy atom. The highest BCUT2D eigenvalue weighted by Gasteiger charge is 2.37. The molecule has 0 aromatic heterocycles. The number of alkyl halides is 6. The van der Waals surface area contributed by atoms with Crippen LogP contribution < -0.4 is 11.1 Å². The summed E-state index contributed by atoms with van der Waals surface area (Å²) in [6.07, 6.45) is -10.8. The molecule has 30 heavy (non-hydrogen) atoms. The molecule has 4 nitrogen and oxygen atoms in total. The number of hydrogen-bond acceptors (Lipinski definition) is 2. The molecule has 0 saturated carbocycles. The lowest BCUT2D eigenvalue weighted by Crippen LogP contribution is -2.46. The van der Waals surface area contributed by atoms with Gasteiger partial charge in [0.1, 0.15) is 6.04 Å². The van der Waals surface area contributed by atoms with E-state index in [1.165, 1.54) is 0 Å². The van der Waals surface area contributed by atoms with Crippen molar-refractivity contribution in [2.45, 2.75) is 38.2 Å². The quantitative estimate of drug-likeness (QED) is 0.682. The van der Waals surface area contributed by atoms with Gasteiger partial charge in [-0.1, -0.05) is 24.3 Å². The molecule has 3 N–H and O–H groups in total. The predicted molar refractivity (Wildman–Crippen MR) is 96.2 cm³/mol. The van der Waals surface area contributed by atoms with Gasteiger partial charge in [-0.25, -0.2) is 0 Å². The minimum atomic E-state index is -5.02. The zero-order valence-electron chi connectivity index (χ0n) is 15.7. The highest BCUT2D eigenvalue weighted by Crippen LogP contribution is 2.36. The predicted octanol–water partition coefficient (Wildman–Crippen LogP) is 3.79. The van der Waals surface area contributed by atoms with Gasteiger partial charge in [0, 0.05) is 6.42 Å². The van der Waals surface area contributed by atoms with Gasteiger partial charge >= 0.3 is 12.4 Å². The van der Waals surface area contributed by atoms with Crippen molar-refractivity contribution in [1.82, 2.24) is 5.32 Å². The molecule has 2 aromatic rings. The van der Waals surface area contributed by atoms with Crippen LogP contribution in [0.25, 0.3) is 0 Å². The number of aryl methyl sites for hydroxylation is 1. The van der Waals surface area contributed by atoms with Crippen LogP contribution in [0.3, 0.4) is 0 Å². The van der Waals surface area contributed by atoms with E-state index in [1.54, 1.807) is 31.2 Å². The molecule has 2 amide bonds. The van der Waals surface area contributed by atoms with Crippen molar-refractivity contribution in [2.24, 2.45) is 5.73 Å². The van der Waals surface area contributed by atoms with E-state index >= 15 is 0 Å². The number of nitrogens with two attached hydrogens (primary N) is 1. The maximum atomic E-state index is 12.9. The highest BCUT2D eigenvalue weighted by atomic mass is 19.4. The number of hydrogen-bond donors (Lipinski definition) is 2. The number of halogens is 6. The van der Waals surface area contributed by atoms with Gasteiger partial charge in [-0.05, 0) is 41.8 Å².